The SMILES string of the molecule is CCOC(=O)C1CCN(C(=O)CSc2nnnn2-c2ccccc2C)CC1. The fourth-order valence-corrected chi connectivity index (χ4v) is 3.85. The number of tetrazole rings is 1. The number of likely N-dealkylation sites (tertiary alicyclic amines) is 1. The molecule has 1 aliphatic heterocycles. The third kappa shape index (κ3) is 4.65. The molecular weight excluding hydrogens is 366 g/mol. The predicted octanol–water partition coefficient (Wildman–Crippen LogP) is 1.86. The number of carbonyl (C=O) groups is 2. The van der Waals surface area contributed by atoms with Gasteiger partial charge < -0.3 is 9.64 Å². The summed E-state index contributed by atoms with van der Waals surface area (Å²) in [5, 5.41) is 12.4. The normalized spacial score (nSPS) is 15.0. The highest BCUT2D eigenvalue weighted by Gasteiger charge is 2.28. The maximum Gasteiger partial charge on any atom is 0.309 e. The zero-order chi connectivity index (χ0) is 19.2. The van der Waals surface area contributed by atoms with Crippen molar-refractivity contribution in [1.82, 2.24) is 25.1 Å². The van der Waals surface area contributed by atoms with Gasteiger partial charge in [-0.3, -0.25) is 9.59 Å². The van der Waals surface area contributed by atoms with Crippen molar-refractivity contribution < 1.29 is 14.3 Å². The van der Waals surface area contributed by atoms with Crippen molar-refractivity contribution in [3.63, 3.8) is 0 Å². The molecule has 1 amide bonds. The zero-order valence-corrected chi connectivity index (χ0v) is 16.3. The van der Waals surface area contributed by atoms with Gasteiger partial charge in [0.1, 0.15) is 0 Å². The molecule has 2 heterocycles. The van der Waals surface area contributed by atoms with Gasteiger partial charge in [-0.15, -0.1) is 5.10 Å². The molecule has 0 saturated carbocycles. The number of thioether (sulfide) groups is 1. The van der Waals surface area contributed by atoms with Crippen LogP contribution in [0.4, 0.5) is 0 Å². The van der Waals surface area contributed by atoms with Gasteiger partial charge in [0.25, 0.3) is 0 Å². The fraction of sp³-hybridized carbons (Fsp3) is 0.500. The van der Waals surface area contributed by atoms with Crippen LogP contribution in [0.3, 0.4) is 0 Å². The summed E-state index contributed by atoms with van der Waals surface area (Å²) in [5.41, 5.74) is 1.95. The lowest BCUT2D eigenvalue weighted by atomic mass is 9.97. The number of carbonyl (C=O) groups excluding carboxylic acids is 2. The van der Waals surface area contributed by atoms with Gasteiger partial charge >= 0.3 is 5.97 Å². The van der Waals surface area contributed by atoms with E-state index in [2.05, 4.69) is 15.5 Å². The summed E-state index contributed by atoms with van der Waals surface area (Å²) >= 11 is 1.32. The molecule has 0 N–H and O–H groups in total. The lowest BCUT2D eigenvalue weighted by Gasteiger charge is -2.30. The number of para-hydroxylation sites is 1. The van der Waals surface area contributed by atoms with E-state index in [0.29, 0.717) is 37.7 Å². The number of aryl methyl sites for hydroxylation is 1. The van der Waals surface area contributed by atoms with E-state index in [4.69, 9.17) is 4.74 Å². The minimum Gasteiger partial charge on any atom is -0.466 e. The lowest BCUT2D eigenvalue weighted by Crippen LogP contribution is -2.41. The summed E-state index contributed by atoms with van der Waals surface area (Å²) in [6, 6.07) is 7.82. The quantitative estimate of drug-likeness (QED) is 0.550. The molecule has 1 saturated heterocycles. The number of esters is 1. The van der Waals surface area contributed by atoms with Crippen LogP contribution < -0.4 is 0 Å². The number of ether oxygens (including phenoxy) is 1. The number of amides is 1. The molecule has 0 atom stereocenters. The Morgan fingerprint density at radius 2 is 2.00 bits per heavy atom. The molecule has 27 heavy (non-hydrogen) atoms. The van der Waals surface area contributed by atoms with Crippen molar-refractivity contribution in [2.24, 2.45) is 5.92 Å². The molecule has 1 aromatic carbocycles. The molecule has 1 fully saturated rings. The zero-order valence-electron chi connectivity index (χ0n) is 15.5. The summed E-state index contributed by atoms with van der Waals surface area (Å²) in [6.07, 6.45) is 1.30. The second-order valence-electron chi connectivity index (χ2n) is 6.36. The van der Waals surface area contributed by atoms with E-state index in [1.165, 1.54) is 11.8 Å². The summed E-state index contributed by atoms with van der Waals surface area (Å²) < 4.78 is 6.72. The first kappa shape index (κ1) is 19.3. The van der Waals surface area contributed by atoms with Gasteiger partial charge in [-0.1, -0.05) is 30.0 Å². The maximum absolute atomic E-state index is 12.5. The molecule has 2 aromatic rings. The first-order chi connectivity index (χ1) is 13.1. The Morgan fingerprint density at radius 1 is 1.26 bits per heavy atom. The Labute approximate surface area is 162 Å². The second kappa shape index (κ2) is 8.98. The Hall–Kier alpha value is -2.42. The molecule has 144 valence electrons. The van der Waals surface area contributed by atoms with Gasteiger partial charge in [-0.2, -0.15) is 4.68 Å². The Morgan fingerprint density at radius 3 is 2.70 bits per heavy atom. The monoisotopic (exact) mass is 389 g/mol. The molecular formula is C18H23N5O3S. The average Bonchev–Trinajstić information content (AvgIpc) is 3.15. The van der Waals surface area contributed by atoms with E-state index in [-0.39, 0.29) is 23.5 Å². The lowest BCUT2D eigenvalue weighted by molar-refractivity contribution is -0.151. The second-order valence-corrected chi connectivity index (χ2v) is 7.30. The first-order valence-electron chi connectivity index (χ1n) is 9.01. The minimum atomic E-state index is -0.156. The van der Waals surface area contributed by atoms with Crippen LogP contribution in [0.15, 0.2) is 29.4 Å². The molecule has 0 aliphatic carbocycles. The number of benzene rings is 1. The van der Waals surface area contributed by atoms with Crippen LogP contribution in [0, 0.1) is 12.8 Å². The van der Waals surface area contributed by atoms with Crippen LogP contribution in [0.2, 0.25) is 0 Å². The largest absolute Gasteiger partial charge is 0.466 e. The van der Waals surface area contributed by atoms with Crippen molar-refractivity contribution in [2.75, 3.05) is 25.4 Å². The number of rotatable bonds is 6. The fourth-order valence-electron chi connectivity index (χ4n) is 3.06. The van der Waals surface area contributed by atoms with Gasteiger partial charge in [-0.25, -0.2) is 0 Å². The third-order valence-corrected chi connectivity index (χ3v) is 5.48. The highest BCUT2D eigenvalue weighted by atomic mass is 32.2. The molecule has 3 rings (SSSR count). The highest BCUT2D eigenvalue weighted by molar-refractivity contribution is 7.99. The van der Waals surface area contributed by atoms with Crippen molar-refractivity contribution in [3.05, 3.63) is 29.8 Å². The number of hydrogen-bond acceptors (Lipinski definition) is 7. The number of piperidine rings is 1. The van der Waals surface area contributed by atoms with Crippen LogP contribution in [0.1, 0.15) is 25.3 Å². The first-order valence-corrected chi connectivity index (χ1v) is 10.00. The maximum atomic E-state index is 12.5. The van der Waals surface area contributed by atoms with Gasteiger partial charge in [0.15, 0.2) is 0 Å². The highest BCUT2D eigenvalue weighted by Crippen LogP contribution is 2.23. The molecule has 0 bridgehead atoms. The third-order valence-electron chi connectivity index (χ3n) is 4.58. The van der Waals surface area contributed by atoms with Crippen LogP contribution in [-0.4, -0.2) is 62.4 Å². The minimum absolute atomic E-state index is 0.0293. The molecule has 8 nitrogen and oxygen atoms in total. The molecule has 0 spiro atoms. The Balaban J connectivity index is 1.55. The summed E-state index contributed by atoms with van der Waals surface area (Å²) in [4.78, 5) is 26.1. The van der Waals surface area contributed by atoms with E-state index in [1.807, 2.05) is 31.2 Å². The topological polar surface area (TPSA) is 90.2 Å². The molecule has 0 unspecified atom stereocenters. The van der Waals surface area contributed by atoms with Crippen molar-refractivity contribution >= 4 is 23.6 Å². The van der Waals surface area contributed by atoms with Crippen molar-refractivity contribution in [3.8, 4) is 5.69 Å². The van der Waals surface area contributed by atoms with Crippen LogP contribution in [0.5, 0.6) is 0 Å². The summed E-state index contributed by atoms with van der Waals surface area (Å²) in [6.45, 7) is 5.34. The van der Waals surface area contributed by atoms with Gasteiger partial charge in [0, 0.05) is 13.1 Å². The molecule has 9 heteroatoms. The van der Waals surface area contributed by atoms with E-state index in [9.17, 15) is 9.59 Å². The summed E-state index contributed by atoms with van der Waals surface area (Å²) in [5.74, 6) is 0.0316. The molecule has 0 radical (unpaired) electrons. The molecule has 1 aliphatic rings. The van der Waals surface area contributed by atoms with Crippen LogP contribution >= 0.6 is 11.8 Å². The Kier molecular flexibility index (Phi) is 6.44. The number of aromatic nitrogens is 4. The average molecular weight is 389 g/mol. The van der Waals surface area contributed by atoms with Crippen molar-refractivity contribution in [2.45, 2.75) is 31.8 Å². The number of nitrogens with zero attached hydrogens (tertiary/aromatic N) is 5. The standard InChI is InChI=1S/C18H23N5O3S/c1-3-26-17(25)14-8-10-22(11-9-14)16(24)12-27-18-19-20-21-23(18)15-7-5-4-6-13(15)2/h4-7,14H,3,8-12H2,1-2H3. The Bertz CT molecular complexity index is 802. The van der Waals surface area contributed by atoms with Crippen LogP contribution in [-0.2, 0) is 14.3 Å². The summed E-state index contributed by atoms with van der Waals surface area (Å²) in [7, 11) is 0. The van der Waals surface area contributed by atoms with Gasteiger partial charge in [0.2, 0.25) is 11.1 Å². The molecule has 1 aromatic heterocycles. The van der Waals surface area contributed by atoms with E-state index in [0.717, 1.165) is 11.3 Å². The van der Waals surface area contributed by atoms with Gasteiger partial charge in [-0.05, 0) is 48.7 Å². The number of hydrogen-bond donors (Lipinski definition) is 0. The van der Waals surface area contributed by atoms with E-state index in [1.54, 1.807) is 16.5 Å². The van der Waals surface area contributed by atoms with Gasteiger partial charge in [0.05, 0.1) is 24.0 Å². The van der Waals surface area contributed by atoms with Crippen LogP contribution in [0.25, 0.3) is 5.69 Å². The predicted molar refractivity (Wildman–Crippen MR) is 101 cm³/mol. The van der Waals surface area contributed by atoms with Crippen molar-refractivity contribution in [1.29, 1.82) is 0 Å². The smallest absolute Gasteiger partial charge is 0.309 e. The van der Waals surface area contributed by atoms with E-state index < -0.39 is 0 Å². The van der Waals surface area contributed by atoms with E-state index >= 15 is 0 Å².